The Bertz CT molecular complexity index is 745. The lowest BCUT2D eigenvalue weighted by molar-refractivity contribution is 0.0640. The summed E-state index contributed by atoms with van der Waals surface area (Å²) >= 11 is 0. The first-order valence-corrected chi connectivity index (χ1v) is 10.5. The molecule has 1 saturated heterocycles. The number of benzene rings is 1. The summed E-state index contributed by atoms with van der Waals surface area (Å²) in [5, 5.41) is 19.5. The molecule has 1 aromatic carbocycles. The molecule has 2 aliphatic rings. The van der Waals surface area contributed by atoms with Crippen molar-refractivity contribution in [3.05, 3.63) is 41.7 Å². The minimum absolute atomic E-state index is 0.533. The summed E-state index contributed by atoms with van der Waals surface area (Å²) in [6.07, 6.45) is 8.51. The van der Waals surface area contributed by atoms with Gasteiger partial charge in [-0.3, -0.25) is 4.57 Å². The number of nitrogens with zero attached hydrogens (tertiary/aromatic N) is 4. The zero-order valence-electron chi connectivity index (χ0n) is 16.6. The molecule has 0 bridgehead atoms. The van der Waals surface area contributed by atoms with Crippen LogP contribution in [-0.4, -0.2) is 32.5 Å². The van der Waals surface area contributed by atoms with E-state index in [1.807, 2.05) is 13.8 Å². The third kappa shape index (κ3) is 4.34. The molecule has 2 aromatic rings. The van der Waals surface area contributed by atoms with Crippen molar-refractivity contribution in [2.75, 3.05) is 11.4 Å². The predicted octanol–water partition coefficient (Wildman–Crippen LogP) is 3.91. The first-order valence-electron chi connectivity index (χ1n) is 10.5. The van der Waals surface area contributed by atoms with E-state index in [4.69, 9.17) is 0 Å². The van der Waals surface area contributed by atoms with E-state index < -0.39 is 5.60 Å². The van der Waals surface area contributed by atoms with Crippen molar-refractivity contribution < 1.29 is 5.11 Å². The molecule has 1 unspecified atom stereocenters. The highest BCUT2D eigenvalue weighted by Gasteiger charge is 2.34. The van der Waals surface area contributed by atoms with Crippen LogP contribution in [0, 0.1) is 5.92 Å². The van der Waals surface area contributed by atoms with Gasteiger partial charge < -0.3 is 10.0 Å². The number of aliphatic hydroxyl groups is 1. The van der Waals surface area contributed by atoms with Gasteiger partial charge in [0.2, 0.25) is 5.95 Å². The largest absolute Gasteiger partial charge is 0.382 e. The standard InChI is InChI=1S/C22H32N4O/c1-22(2,27)20-23-24-21(26(20)16-18-13-14-18)25-15-7-12-19(25)11-6-10-17-8-4-3-5-9-17/h3-5,8-9,18-19,27H,6-7,10-16H2,1-2H3. The molecule has 5 nitrogen and oxygen atoms in total. The maximum atomic E-state index is 10.6. The maximum absolute atomic E-state index is 10.6. The summed E-state index contributed by atoms with van der Waals surface area (Å²) in [6, 6.07) is 11.3. The van der Waals surface area contributed by atoms with E-state index in [0.717, 1.165) is 31.4 Å². The fraction of sp³-hybridized carbons (Fsp3) is 0.636. The van der Waals surface area contributed by atoms with Crippen molar-refractivity contribution in [1.82, 2.24) is 14.8 Å². The second kappa shape index (κ2) is 7.63. The van der Waals surface area contributed by atoms with Crippen LogP contribution in [0.2, 0.25) is 0 Å². The first kappa shape index (κ1) is 18.5. The Kier molecular flexibility index (Phi) is 5.22. The van der Waals surface area contributed by atoms with Crippen LogP contribution in [0.4, 0.5) is 5.95 Å². The van der Waals surface area contributed by atoms with E-state index in [2.05, 4.69) is 50.0 Å². The van der Waals surface area contributed by atoms with Gasteiger partial charge >= 0.3 is 0 Å². The fourth-order valence-corrected chi connectivity index (χ4v) is 4.27. The molecule has 0 spiro atoms. The highest BCUT2D eigenvalue weighted by Crippen LogP contribution is 2.36. The number of aromatic nitrogens is 3. The summed E-state index contributed by atoms with van der Waals surface area (Å²) in [7, 11) is 0. The average molecular weight is 369 g/mol. The monoisotopic (exact) mass is 368 g/mol. The van der Waals surface area contributed by atoms with Gasteiger partial charge in [-0.25, -0.2) is 0 Å². The lowest BCUT2D eigenvalue weighted by atomic mass is 10.0. The maximum Gasteiger partial charge on any atom is 0.227 e. The van der Waals surface area contributed by atoms with Gasteiger partial charge in [0, 0.05) is 19.1 Å². The van der Waals surface area contributed by atoms with Gasteiger partial charge in [0.15, 0.2) is 5.82 Å². The Morgan fingerprint density at radius 2 is 1.89 bits per heavy atom. The molecule has 0 radical (unpaired) electrons. The van der Waals surface area contributed by atoms with Gasteiger partial charge in [0.25, 0.3) is 0 Å². The zero-order valence-corrected chi connectivity index (χ0v) is 16.6. The quantitative estimate of drug-likeness (QED) is 0.768. The van der Waals surface area contributed by atoms with Crippen LogP contribution in [0.5, 0.6) is 0 Å². The SMILES string of the molecule is CC(C)(O)c1nnc(N2CCCC2CCCc2ccccc2)n1CC1CC1. The predicted molar refractivity (Wildman–Crippen MR) is 108 cm³/mol. The zero-order chi connectivity index (χ0) is 18.9. The van der Waals surface area contributed by atoms with Crippen LogP contribution >= 0.6 is 0 Å². The van der Waals surface area contributed by atoms with Crippen LogP contribution < -0.4 is 4.90 Å². The third-order valence-corrected chi connectivity index (χ3v) is 5.90. The molecular formula is C22H32N4O. The van der Waals surface area contributed by atoms with E-state index >= 15 is 0 Å². The molecule has 1 aliphatic carbocycles. The van der Waals surface area contributed by atoms with Gasteiger partial charge in [-0.2, -0.15) is 0 Å². The molecule has 2 fully saturated rings. The molecule has 1 aromatic heterocycles. The van der Waals surface area contributed by atoms with Gasteiger partial charge in [-0.05, 0) is 70.3 Å². The normalized spacial score (nSPS) is 20.4. The number of hydrogen-bond donors (Lipinski definition) is 1. The van der Waals surface area contributed by atoms with Crippen LogP contribution in [0.1, 0.15) is 63.8 Å². The van der Waals surface area contributed by atoms with Gasteiger partial charge in [-0.15, -0.1) is 10.2 Å². The summed E-state index contributed by atoms with van der Waals surface area (Å²) < 4.78 is 2.20. The first-order chi connectivity index (χ1) is 13.0. The topological polar surface area (TPSA) is 54.2 Å². The Balaban J connectivity index is 1.47. The van der Waals surface area contributed by atoms with E-state index in [-0.39, 0.29) is 0 Å². The molecule has 4 rings (SSSR count). The highest BCUT2D eigenvalue weighted by molar-refractivity contribution is 5.36. The van der Waals surface area contributed by atoms with Crippen LogP contribution in [0.3, 0.4) is 0 Å². The lowest BCUT2D eigenvalue weighted by Gasteiger charge is -2.27. The number of rotatable bonds is 8. The molecule has 1 atom stereocenters. The Hall–Kier alpha value is -1.88. The average Bonchev–Trinajstić information content (AvgIpc) is 3.16. The molecule has 1 saturated carbocycles. The number of anilines is 1. The van der Waals surface area contributed by atoms with E-state index in [0.29, 0.717) is 11.9 Å². The van der Waals surface area contributed by atoms with Crippen molar-refractivity contribution in [1.29, 1.82) is 0 Å². The van der Waals surface area contributed by atoms with Crippen LogP contribution in [0.25, 0.3) is 0 Å². The molecule has 1 N–H and O–H groups in total. The van der Waals surface area contributed by atoms with E-state index in [1.54, 1.807) is 0 Å². The summed E-state index contributed by atoms with van der Waals surface area (Å²) in [5.41, 5.74) is 0.464. The van der Waals surface area contributed by atoms with Crippen LogP contribution in [-0.2, 0) is 18.6 Å². The lowest BCUT2D eigenvalue weighted by Crippen LogP contribution is -2.33. The molecular weight excluding hydrogens is 336 g/mol. The molecule has 1 aliphatic heterocycles. The van der Waals surface area contributed by atoms with E-state index in [1.165, 1.54) is 44.1 Å². The van der Waals surface area contributed by atoms with Crippen molar-refractivity contribution in [2.24, 2.45) is 5.92 Å². The molecule has 2 heterocycles. The number of aryl methyl sites for hydroxylation is 1. The van der Waals surface area contributed by atoms with Gasteiger partial charge in [0.05, 0.1) is 0 Å². The minimum Gasteiger partial charge on any atom is -0.382 e. The Morgan fingerprint density at radius 1 is 1.11 bits per heavy atom. The number of hydrogen-bond acceptors (Lipinski definition) is 4. The molecule has 146 valence electrons. The Labute approximate surface area is 162 Å². The minimum atomic E-state index is -0.956. The van der Waals surface area contributed by atoms with Crippen LogP contribution in [0.15, 0.2) is 30.3 Å². The molecule has 5 heteroatoms. The van der Waals surface area contributed by atoms with Gasteiger partial charge in [0.1, 0.15) is 5.60 Å². The van der Waals surface area contributed by atoms with Gasteiger partial charge in [-0.1, -0.05) is 30.3 Å². The molecule has 27 heavy (non-hydrogen) atoms. The van der Waals surface area contributed by atoms with Crippen molar-refractivity contribution in [2.45, 2.75) is 77.0 Å². The summed E-state index contributed by atoms with van der Waals surface area (Å²) in [5.74, 6) is 2.40. The molecule has 0 amide bonds. The third-order valence-electron chi connectivity index (χ3n) is 5.90. The summed E-state index contributed by atoms with van der Waals surface area (Å²) in [4.78, 5) is 2.45. The fourth-order valence-electron chi connectivity index (χ4n) is 4.27. The van der Waals surface area contributed by atoms with Crippen molar-refractivity contribution in [3.63, 3.8) is 0 Å². The second-order valence-corrected chi connectivity index (χ2v) is 8.80. The summed E-state index contributed by atoms with van der Waals surface area (Å²) in [6.45, 7) is 5.61. The smallest absolute Gasteiger partial charge is 0.227 e. The Morgan fingerprint density at radius 3 is 2.59 bits per heavy atom. The second-order valence-electron chi connectivity index (χ2n) is 8.80. The van der Waals surface area contributed by atoms with Crippen molar-refractivity contribution >= 4 is 5.95 Å². The van der Waals surface area contributed by atoms with Crippen molar-refractivity contribution in [3.8, 4) is 0 Å². The van der Waals surface area contributed by atoms with E-state index in [9.17, 15) is 5.11 Å². The highest BCUT2D eigenvalue weighted by atomic mass is 16.3.